The molecule has 0 saturated carbocycles. The summed E-state index contributed by atoms with van der Waals surface area (Å²) in [6.07, 6.45) is 1.36. The average molecular weight is 186 g/mol. The third-order valence-electron chi connectivity index (χ3n) is 1.14. The largest absolute Gasteiger partial charge is 0.476 e. The van der Waals surface area contributed by atoms with Crippen LogP contribution in [0.4, 0.5) is 0 Å². The SMILES string of the molecule is CO/N=C(\C(=O)O)c1ccco1.N. The minimum Gasteiger partial charge on any atom is -0.476 e. The number of furan rings is 1. The standard InChI is InChI=1S/C7H7NO4.H3N/c1-11-8-6(7(9)10)5-3-2-4-12-5;/h2-4H,1H3,(H,9,10);1H3/b8-6-;. The van der Waals surface area contributed by atoms with Crippen molar-refractivity contribution in [1.29, 1.82) is 0 Å². The lowest BCUT2D eigenvalue weighted by molar-refractivity contribution is -0.129. The summed E-state index contributed by atoms with van der Waals surface area (Å²) in [5, 5.41) is 11.9. The highest BCUT2D eigenvalue weighted by Crippen LogP contribution is 2.02. The molecule has 0 fully saturated rings. The summed E-state index contributed by atoms with van der Waals surface area (Å²) in [5.41, 5.74) is -0.248. The van der Waals surface area contributed by atoms with Crippen molar-refractivity contribution in [1.82, 2.24) is 6.15 Å². The summed E-state index contributed by atoms with van der Waals surface area (Å²) >= 11 is 0. The third kappa shape index (κ3) is 2.60. The third-order valence-corrected chi connectivity index (χ3v) is 1.14. The molecule has 0 amide bonds. The number of carbonyl (C=O) groups is 1. The zero-order valence-corrected chi connectivity index (χ0v) is 7.06. The molecule has 6 nitrogen and oxygen atoms in total. The van der Waals surface area contributed by atoms with Gasteiger partial charge in [0.2, 0.25) is 5.71 Å². The van der Waals surface area contributed by atoms with Gasteiger partial charge in [-0.3, -0.25) is 0 Å². The summed E-state index contributed by atoms with van der Waals surface area (Å²) in [6.45, 7) is 0. The molecule has 1 heterocycles. The lowest BCUT2D eigenvalue weighted by Gasteiger charge is -1.94. The van der Waals surface area contributed by atoms with E-state index in [9.17, 15) is 4.79 Å². The van der Waals surface area contributed by atoms with Crippen LogP contribution in [0, 0.1) is 0 Å². The average Bonchev–Trinajstić information content (AvgIpc) is 2.51. The van der Waals surface area contributed by atoms with E-state index in [0.717, 1.165) is 0 Å². The molecule has 72 valence electrons. The fourth-order valence-corrected chi connectivity index (χ4v) is 0.694. The van der Waals surface area contributed by atoms with Crippen molar-refractivity contribution in [3.05, 3.63) is 24.2 Å². The van der Waals surface area contributed by atoms with Gasteiger partial charge < -0.3 is 20.5 Å². The molecule has 1 aromatic rings. The first-order chi connectivity index (χ1) is 5.75. The predicted molar refractivity (Wildman–Crippen MR) is 44.9 cm³/mol. The van der Waals surface area contributed by atoms with Crippen LogP contribution in [0.5, 0.6) is 0 Å². The maximum Gasteiger partial charge on any atom is 0.361 e. The first-order valence-electron chi connectivity index (χ1n) is 3.14. The maximum atomic E-state index is 10.5. The lowest BCUT2D eigenvalue weighted by Crippen LogP contribution is -2.13. The molecular weight excluding hydrogens is 176 g/mol. The van der Waals surface area contributed by atoms with E-state index in [4.69, 9.17) is 9.52 Å². The molecule has 0 spiro atoms. The van der Waals surface area contributed by atoms with E-state index in [1.165, 1.54) is 19.4 Å². The molecule has 0 atom stereocenters. The molecule has 0 aromatic carbocycles. The Bertz CT molecular complexity index is 291. The van der Waals surface area contributed by atoms with Crippen molar-refractivity contribution < 1.29 is 19.2 Å². The summed E-state index contributed by atoms with van der Waals surface area (Å²) < 4.78 is 4.82. The normalized spacial score (nSPS) is 10.4. The van der Waals surface area contributed by atoms with E-state index in [1.54, 1.807) is 6.07 Å². The van der Waals surface area contributed by atoms with Crippen molar-refractivity contribution in [2.45, 2.75) is 0 Å². The van der Waals surface area contributed by atoms with Crippen LogP contribution in [0.1, 0.15) is 5.76 Å². The van der Waals surface area contributed by atoms with Gasteiger partial charge in [0.25, 0.3) is 0 Å². The second-order valence-corrected chi connectivity index (χ2v) is 1.90. The lowest BCUT2D eigenvalue weighted by atomic mass is 10.3. The first kappa shape index (κ1) is 11.2. The van der Waals surface area contributed by atoms with Gasteiger partial charge in [-0.15, -0.1) is 0 Å². The predicted octanol–water partition coefficient (Wildman–Crippen LogP) is 0.877. The number of rotatable bonds is 3. The van der Waals surface area contributed by atoms with Crippen LogP contribution < -0.4 is 6.15 Å². The Labute approximate surface area is 74.4 Å². The zero-order valence-electron chi connectivity index (χ0n) is 7.06. The molecule has 0 unspecified atom stereocenters. The summed E-state index contributed by atoms with van der Waals surface area (Å²) in [7, 11) is 1.27. The molecule has 0 saturated heterocycles. The molecule has 0 bridgehead atoms. The van der Waals surface area contributed by atoms with Crippen molar-refractivity contribution >= 4 is 11.7 Å². The van der Waals surface area contributed by atoms with E-state index in [1.807, 2.05) is 0 Å². The Hall–Kier alpha value is -1.82. The highest BCUT2D eigenvalue weighted by molar-refractivity contribution is 6.41. The summed E-state index contributed by atoms with van der Waals surface area (Å²) in [6, 6.07) is 3.06. The molecule has 1 rings (SSSR count). The summed E-state index contributed by atoms with van der Waals surface area (Å²) in [5.74, 6) is -1.02. The molecule has 13 heavy (non-hydrogen) atoms. The van der Waals surface area contributed by atoms with Crippen LogP contribution in [0.2, 0.25) is 0 Å². The van der Waals surface area contributed by atoms with Gasteiger partial charge in [0.1, 0.15) is 7.11 Å². The highest BCUT2D eigenvalue weighted by atomic mass is 16.6. The Morgan fingerprint density at radius 1 is 1.69 bits per heavy atom. The van der Waals surface area contributed by atoms with Crippen LogP contribution >= 0.6 is 0 Å². The van der Waals surface area contributed by atoms with Crippen molar-refractivity contribution in [3.8, 4) is 0 Å². The molecule has 0 aliphatic heterocycles. The minimum absolute atomic E-state index is 0. The van der Waals surface area contributed by atoms with Crippen LogP contribution in [0.25, 0.3) is 0 Å². The quantitative estimate of drug-likeness (QED) is 0.538. The maximum absolute atomic E-state index is 10.5. The smallest absolute Gasteiger partial charge is 0.361 e. The number of nitrogens with zero attached hydrogens (tertiary/aromatic N) is 1. The molecule has 0 radical (unpaired) electrons. The van der Waals surface area contributed by atoms with Crippen molar-refractivity contribution in [2.75, 3.05) is 7.11 Å². The molecule has 1 aromatic heterocycles. The fourth-order valence-electron chi connectivity index (χ4n) is 0.694. The van der Waals surface area contributed by atoms with E-state index < -0.39 is 5.97 Å². The number of oxime groups is 1. The van der Waals surface area contributed by atoms with Crippen molar-refractivity contribution in [3.63, 3.8) is 0 Å². The Morgan fingerprint density at radius 3 is 2.77 bits per heavy atom. The van der Waals surface area contributed by atoms with Crippen LogP contribution in [0.15, 0.2) is 28.0 Å². The van der Waals surface area contributed by atoms with Gasteiger partial charge in [0, 0.05) is 0 Å². The zero-order chi connectivity index (χ0) is 8.97. The van der Waals surface area contributed by atoms with E-state index in [2.05, 4.69) is 9.99 Å². The Morgan fingerprint density at radius 2 is 2.38 bits per heavy atom. The van der Waals surface area contributed by atoms with Crippen LogP contribution in [0.3, 0.4) is 0 Å². The Kier molecular flexibility index (Phi) is 4.25. The topological polar surface area (TPSA) is 107 Å². The number of carboxylic acid groups (broad SMARTS) is 1. The Balaban J connectivity index is 0.00000144. The second-order valence-electron chi connectivity index (χ2n) is 1.90. The molecular formula is C7H10N2O4. The van der Waals surface area contributed by atoms with Crippen LogP contribution in [-0.2, 0) is 9.63 Å². The van der Waals surface area contributed by atoms with E-state index in [-0.39, 0.29) is 17.6 Å². The molecule has 6 heteroatoms. The monoisotopic (exact) mass is 186 g/mol. The minimum atomic E-state index is -1.19. The van der Waals surface area contributed by atoms with Gasteiger partial charge in [-0.25, -0.2) is 4.79 Å². The first-order valence-corrected chi connectivity index (χ1v) is 3.14. The van der Waals surface area contributed by atoms with Crippen molar-refractivity contribution in [2.24, 2.45) is 5.16 Å². The van der Waals surface area contributed by atoms with Gasteiger partial charge in [-0.05, 0) is 12.1 Å². The summed E-state index contributed by atoms with van der Waals surface area (Å²) in [4.78, 5) is 14.9. The number of hydrogen-bond donors (Lipinski definition) is 2. The number of hydrogen-bond acceptors (Lipinski definition) is 5. The van der Waals surface area contributed by atoms with Gasteiger partial charge in [0.15, 0.2) is 5.76 Å². The van der Waals surface area contributed by atoms with Gasteiger partial charge >= 0.3 is 5.97 Å². The fraction of sp³-hybridized carbons (Fsp3) is 0.143. The molecule has 0 aliphatic rings. The van der Waals surface area contributed by atoms with E-state index >= 15 is 0 Å². The highest BCUT2D eigenvalue weighted by Gasteiger charge is 2.15. The molecule has 4 N–H and O–H groups in total. The number of aliphatic carboxylic acids is 1. The van der Waals surface area contributed by atoms with Gasteiger partial charge in [0.05, 0.1) is 6.26 Å². The van der Waals surface area contributed by atoms with Gasteiger partial charge in [-0.1, -0.05) is 5.16 Å². The van der Waals surface area contributed by atoms with Gasteiger partial charge in [-0.2, -0.15) is 0 Å². The van der Waals surface area contributed by atoms with Crippen LogP contribution in [-0.4, -0.2) is 23.9 Å². The number of carboxylic acids is 1. The second kappa shape index (κ2) is 4.94. The molecule has 0 aliphatic carbocycles. The van der Waals surface area contributed by atoms with E-state index in [0.29, 0.717) is 0 Å².